The van der Waals surface area contributed by atoms with Gasteiger partial charge >= 0.3 is 11.9 Å². The number of hydrogen-bond acceptors (Lipinski definition) is 5. The molecule has 0 unspecified atom stereocenters. The topological polar surface area (TPSA) is 61.8 Å². The van der Waals surface area contributed by atoms with Gasteiger partial charge in [0, 0.05) is 19.3 Å². The van der Waals surface area contributed by atoms with Crippen LogP contribution in [0.25, 0.3) is 0 Å². The SMILES string of the molecule is CCCCCC/C=C\COC(=O)CCCCCCC(=O)O[C@@H]1CCOC1. The molecule has 0 aromatic rings. The lowest BCUT2D eigenvalue weighted by Gasteiger charge is -2.09. The van der Waals surface area contributed by atoms with E-state index in [2.05, 4.69) is 13.0 Å². The highest BCUT2D eigenvalue weighted by Crippen LogP contribution is 2.12. The van der Waals surface area contributed by atoms with Crippen molar-refractivity contribution in [2.24, 2.45) is 0 Å². The van der Waals surface area contributed by atoms with Crippen LogP contribution in [0, 0.1) is 0 Å². The van der Waals surface area contributed by atoms with Crippen molar-refractivity contribution in [3.8, 4) is 0 Å². The molecule has 5 nitrogen and oxygen atoms in total. The number of ether oxygens (including phenoxy) is 3. The van der Waals surface area contributed by atoms with E-state index < -0.39 is 0 Å². The minimum absolute atomic E-state index is 0.0531. The third-order valence-corrected chi connectivity index (χ3v) is 4.43. The van der Waals surface area contributed by atoms with Crippen LogP contribution in [0.5, 0.6) is 0 Å². The first kappa shape index (κ1) is 22.7. The quantitative estimate of drug-likeness (QED) is 0.238. The molecule has 0 saturated carbocycles. The number of esters is 2. The summed E-state index contributed by atoms with van der Waals surface area (Å²) in [7, 11) is 0. The number of unbranched alkanes of at least 4 members (excludes halogenated alkanes) is 7. The van der Waals surface area contributed by atoms with E-state index in [4.69, 9.17) is 14.2 Å². The van der Waals surface area contributed by atoms with Gasteiger partial charge in [-0.3, -0.25) is 9.59 Å². The molecule has 1 fully saturated rings. The van der Waals surface area contributed by atoms with Gasteiger partial charge < -0.3 is 14.2 Å². The van der Waals surface area contributed by atoms with Crippen molar-refractivity contribution in [2.75, 3.05) is 19.8 Å². The number of rotatable bonds is 15. The van der Waals surface area contributed by atoms with Crippen LogP contribution in [0.3, 0.4) is 0 Å². The predicted molar refractivity (Wildman–Crippen MR) is 102 cm³/mol. The molecule has 0 spiro atoms. The monoisotopic (exact) mass is 368 g/mol. The van der Waals surface area contributed by atoms with Crippen LogP contribution in [-0.2, 0) is 23.8 Å². The second-order valence-corrected chi connectivity index (χ2v) is 6.89. The van der Waals surface area contributed by atoms with E-state index in [-0.39, 0.29) is 18.0 Å². The van der Waals surface area contributed by atoms with Gasteiger partial charge in [-0.05, 0) is 25.7 Å². The van der Waals surface area contributed by atoms with Crippen LogP contribution >= 0.6 is 0 Å². The molecule has 0 aromatic carbocycles. The Morgan fingerprint density at radius 1 is 0.962 bits per heavy atom. The van der Waals surface area contributed by atoms with E-state index in [1.807, 2.05) is 6.08 Å². The first-order valence-electron chi connectivity index (χ1n) is 10.3. The van der Waals surface area contributed by atoms with Gasteiger partial charge in [-0.2, -0.15) is 0 Å². The average molecular weight is 369 g/mol. The minimum atomic E-state index is -0.138. The number of carbonyl (C=O) groups is 2. The van der Waals surface area contributed by atoms with E-state index in [0.717, 1.165) is 38.5 Å². The molecule has 5 heteroatoms. The molecule has 26 heavy (non-hydrogen) atoms. The Morgan fingerprint density at radius 3 is 2.38 bits per heavy atom. The van der Waals surface area contributed by atoms with Gasteiger partial charge in [-0.25, -0.2) is 0 Å². The van der Waals surface area contributed by atoms with Crippen LogP contribution in [0.2, 0.25) is 0 Å². The summed E-state index contributed by atoms with van der Waals surface area (Å²) >= 11 is 0. The van der Waals surface area contributed by atoms with Crippen molar-refractivity contribution >= 4 is 11.9 Å². The fourth-order valence-corrected chi connectivity index (χ4v) is 2.83. The van der Waals surface area contributed by atoms with Gasteiger partial charge in [-0.15, -0.1) is 0 Å². The van der Waals surface area contributed by atoms with Crippen molar-refractivity contribution in [1.82, 2.24) is 0 Å². The summed E-state index contributed by atoms with van der Waals surface area (Å²) in [6.45, 7) is 3.80. The molecule has 0 amide bonds. The molecule has 0 radical (unpaired) electrons. The molecule has 1 heterocycles. The van der Waals surface area contributed by atoms with Crippen molar-refractivity contribution in [3.63, 3.8) is 0 Å². The molecule has 1 rings (SSSR count). The maximum absolute atomic E-state index is 11.6. The third-order valence-electron chi connectivity index (χ3n) is 4.43. The Kier molecular flexibility index (Phi) is 13.8. The standard InChI is InChI=1S/C21H36O5/c1-2-3-4-5-6-9-12-16-25-20(22)13-10-7-8-11-14-21(23)26-19-15-17-24-18-19/h9,12,19H,2-8,10-11,13-18H2,1H3/b12-9-/t19-/m1/s1. The van der Waals surface area contributed by atoms with E-state index >= 15 is 0 Å². The lowest BCUT2D eigenvalue weighted by molar-refractivity contribution is -0.149. The van der Waals surface area contributed by atoms with Crippen molar-refractivity contribution in [3.05, 3.63) is 12.2 Å². The van der Waals surface area contributed by atoms with E-state index in [1.54, 1.807) is 0 Å². The van der Waals surface area contributed by atoms with Crippen molar-refractivity contribution in [2.45, 2.75) is 90.1 Å². The number of hydrogen-bond donors (Lipinski definition) is 0. The molecule has 0 aromatic heterocycles. The molecule has 0 bridgehead atoms. The average Bonchev–Trinajstić information content (AvgIpc) is 3.13. The van der Waals surface area contributed by atoms with Crippen molar-refractivity contribution < 1.29 is 23.8 Å². The van der Waals surface area contributed by atoms with Crippen LogP contribution < -0.4 is 0 Å². The molecule has 1 saturated heterocycles. The van der Waals surface area contributed by atoms with E-state index in [9.17, 15) is 9.59 Å². The smallest absolute Gasteiger partial charge is 0.306 e. The Bertz CT molecular complexity index is 399. The normalized spacial score (nSPS) is 16.9. The molecular weight excluding hydrogens is 332 g/mol. The minimum Gasteiger partial charge on any atom is -0.461 e. The largest absolute Gasteiger partial charge is 0.461 e. The summed E-state index contributed by atoms with van der Waals surface area (Å²) in [5.74, 6) is -0.275. The third kappa shape index (κ3) is 12.9. The lowest BCUT2D eigenvalue weighted by atomic mass is 10.1. The maximum atomic E-state index is 11.6. The first-order chi connectivity index (χ1) is 12.7. The highest BCUT2D eigenvalue weighted by molar-refractivity contribution is 5.69. The molecule has 1 atom stereocenters. The molecule has 1 aliphatic rings. The van der Waals surface area contributed by atoms with Gasteiger partial charge in [0.1, 0.15) is 12.7 Å². The number of carbonyl (C=O) groups excluding carboxylic acids is 2. The second-order valence-electron chi connectivity index (χ2n) is 6.89. The Balaban J connectivity index is 1.85. The molecule has 0 aliphatic carbocycles. The summed E-state index contributed by atoms with van der Waals surface area (Å²) in [6.07, 6.45) is 15.3. The highest BCUT2D eigenvalue weighted by atomic mass is 16.6. The molecule has 1 aliphatic heterocycles. The van der Waals surface area contributed by atoms with Gasteiger partial charge in [0.2, 0.25) is 0 Å². The zero-order valence-corrected chi connectivity index (χ0v) is 16.4. The molecule has 0 N–H and O–H groups in total. The zero-order valence-electron chi connectivity index (χ0n) is 16.4. The fourth-order valence-electron chi connectivity index (χ4n) is 2.83. The zero-order chi connectivity index (χ0) is 18.9. The van der Waals surface area contributed by atoms with Gasteiger partial charge in [0.05, 0.1) is 13.2 Å². The van der Waals surface area contributed by atoms with Gasteiger partial charge in [0.25, 0.3) is 0 Å². The molecular formula is C21H36O5. The fraction of sp³-hybridized carbons (Fsp3) is 0.810. The van der Waals surface area contributed by atoms with E-state index in [1.165, 1.54) is 25.7 Å². The van der Waals surface area contributed by atoms with Crippen LogP contribution in [0.4, 0.5) is 0 Å². The summed E-state index contributed by atoms with van der Waals surface area (Å²) in [5, 5.41) is 0. The summed E-state index contributed by atoms with van der Waals surface area (Å²) in [4.78, 5) is 23.2. The Hall–Kier alpha value is -1.36. The van der Waals surface area contributed by atoms with Crippen LogP contribution in [-0.4, -0.2) is 37.9 Å². The summed E-state index contributed by atoms with van der Waals surface area (Å²) in [6, 6.07) is 0. The van der Waals surface area contributed by atoms with Crippen molar-refractivity contribution in [1.29, 1.82) is 0 Å². The Morgan fingerprint density at radius 2 is 1.69 bits per heavy atom. The van der Waals surface area contributed by atoms with E-state index in [0.29, 0.717) is 32.7 Å². The second kappa shape index (κ2) is 15.9. The highest BCUT2D eigenvalue weighted by Gasteiger charge is 2.19. The van der Waals surface area contributed by atoms with Gasteiger partial charge in [-0.1, -0.05) is 51.2 Å². The summed E-state index contributed by atoms with van der Waals surface area (Å²) in [5.41, 5.74) is 0. The van der Waals surface area contributed by atoms with Gasteiger partial charge in [0.15, 0.2) is 0 Å². The molecule has 150 valence electrons. The maximum Gasteiger partial charge on any atom is 0.306 e. The Labute approximate surface area is 158 Å². The lowest BCUT2D eigenvalue weighted by Crippen LogP contribution is -2.17. The first-order valence-corrected chi connectivity index (χ1v) is 10.3. The van der Waals surface area contributed by atoms with Crippen LogP contribution in [0.15, 0.2) is 12.2 Å². The predicted octanol–water partition coefficient (Wildman–Crippen LogP) is 4.73. The van der Waals surface area contributed by atoms with Crippen LogP contribution in [0.1, 0.15) is 84.0 Å². The number of allylic oxidation sites excluding steroid dienone is 1. The summed E-state index contributed by atoms with van der Waals surface area (Å²) < 4.78 is 15.7.